The maximum absolute atomic E-state index is 13.6. The molecule has 1 aliphatic rings. The van der Waals surface area contributed by atoms with E-state index in [4.69, 9.17) is 11.6 Å². The summed E-state index contributed by atoms with van der Waals surface area (Å²) in [5, 5.41) is 5.61. The van der Waals surface area contributed by atoms with Gasteiger partial charge in [0.05, 0.1) is 0 Å². The van der Waals surface area contributed by atoms with Gasteiger partial charge in [-0.2, -0.15) is 0 Å². The van der Waals surface area contributed by atoms with Crippen molar-refractivity contribution in [2.24, 2.45) is 0 Å². The van der Waals surface area contributed by atoms with Crippen LogP contribution in [0.3, 0.4) is 0 Å². The highest BCUT2D eigenvalue weighted by Gasteiger charge is 2.35. The van der Waals surface area contributed by atoms with E-state index in [9.17, 15) is 9.59 Å². The molecule has 31 heavy (non-hydrogen) atoms. The molecule has 0 saturated heterocycles. The molecule has 1 aromatic carbocycles. The van der Waals surface area contributed by atoms with E-state index in [1.54, 1.807) is 48.7 Å². The number of hydrogen-bond acceptors (Lipinski definition) is 4. The number of carbonyl (C=O) groups excluding carboxylic acids is 2. The molecule has 1 N–H and O–H groups in total. The van der Waals surface area contributed by atoms with Crippen molar-refractivity contribution in [3.05, 3.63) is 81.8 Å². The normalized spacial score (nSPS) is 15.3. The first-order valence-electron chi connectivity index (χ1n) is 10.5. The van der Waals surface area contributed by atoms with E-state index in [1.807, 2.05) is 17.5 Å². The summed E-state index contributed by atoms with van der Waals surface area (Å²) in [6.45, 7) is 0. The lowest BCUT2D eigenvalue weighted by Crippen LogP contribution is -2.47. The topological polar surface area (TPSA) is 62.3 Å². The summed E-state index contributed by atoms with van der Waals surface area (Å²) in [6, 6.07) is 15.3. The summed E-state index contributed by atoms with van der Waals surface area (Å²) in [6.07, 6.45) is 6.93. The smallest absolute Gasteiger partial charge is 0.277 e. The monoisotopic (exact) mass is 453 g/mol. The summed E-state index contributed by atoms with van der Waals surface area (Å²) >= 11 is 7.71. The number of rotatable bonds is 6. The number of nitrogens with zero attached hydrogens (tertiary/aromatic N) is 2. The minimum absolute atomic E-state index is 0.134. The van der Waals surface area contributed by atoms with Crippen LogP contribution in [0.2, 0.25) is 5.02 Å². The van der Waals surface area contributed by atoms with Crippen LogP contribution >= 0.6 is 22.9 Å². The minimum Gasteiger partial charge on any atom is -0.351 e. The Morgan fingerprint density at radius 1 is 1.06 bits per heavy atom. The molecule has 1 atom stereocenters. The Balaban J connectivity index is 1.76. The van der Waals surface area contributed by atoms with Crippen molar-refractivity contribution in [2.75, 3.05) is 4.90 Å². The van der Waals surface area contributed by atoms with E-state index >= 15 is 0 Å². The van der Waals surface area contributed by atoms with Crippen LogP contribution in [0.1, 0.15) is 53.5 Å². The molecule has 3 aromatic rings. The lowest BCUT2D eigenvalue weighted by atomic mass is 9.95. The van der Waals surface area contributed by atoms with Crippen LogP contribution in [0, 0.1) is 0 Å². The number of amides is 2. The average molecular weight is 454 g/mol. The van der Waals surface area contributed by atoms with Crippen LogP contribution in [0.5, 0.6) is 0 Å². The summed E-state index contributed by atoms with van der Waals surface area (Å²) < 4.78 is 0. The van der Waals surface area contributed by atoms with E-state index < -0.39 is 6.04 Å². The van der Waals surface area contributed by atoms with Crippen LogP contribution < -0.4 is 10.2 Å². The second-order valence-electron chi connectivity index (χ2n) is 7.63. The number of carbonyl (C=O) groups is 2. The fourth-order valence-corrected chi connectivity index (χ4v) is 4.97. The Labute approximate surface area is 191 Å². The first-order chi connectivity index (χ1) is 15.1. The van der Waals surface area contributed by atoms with Crippen molar-refractivity contribution >= 4 is 40.4 Å². The van der Waals surface area contributed by atoms with Gasteiger partial charge in [0, 0.05) is 27.8 Å². The van der Waals surface area contributed by atoms with Crippen molar-refractivity contribution in [1.29, 1.82) is 0 Å². The minimum atomic E-state index is -0.810. The molecule has 1 aliphatic carbocycles. The van der Waals surface area contributed by atoms with E-state index in [0.29, 0.717) is 10.7 Å². The number of halogens is 1. The lowest BCUT2D eigenvalue weighted by Gasteiger charge is -2.32. The highest BCUT2D eigenvalue weighted by atomic mass is 35.5. The third-order valence-corrected chi connectivity index (χ3v) is 6.62. The van der Waals surface area contributed by atoms with Crippen molar-refractivity contribution in [3.63, 3.8) is 0 Å². The van der Waals surface area contributed by atoms with Crippen LogP contribution in [0.15, 0.2) is 66.2 Å². The van der Waals surface area contributed by atoms with Crippen LogP contribution in [0.4, 0.5) is 5.69 Å². The molecule has 2 heterocycles. The van der Waals surface area contributed by atoms with Crippen molar-refractivity contribution < 1.29 is 9.59 Å². The maximum atomic E-state index is 13.6. The Bertz CT molecular complexity index is 1020. The first-order valence-corrected chi connectivity index (χ1v) is 11.7. The van der Waals surface area contributed by atoms with Crippen molar-refractivity contribution in [2.45, 2.75) is 44.2 Å². The number of anilines is 1. The molecular weight excluding hydrogens is 430 g/mol. The van der Waals surface area contributed by atoms with Gasteiger partial charge in [-0.25, -0.2) is 0 Å². The molecule has 0 aliphatic heterocycles. The largest absolute Gasteiger partial charge is 0.351 e. The molecule has 2 amide bonds. The predicted octanol–water partition coefficient (Wildman–Crippen LogP) is 5.63. The average Bonchev–Trinajstić information content (AvgIpc) is 3.32. The Kier molecular flexibility index (Phi) is 6.99. The fourth-order valence-electron chi connectivity index (χ4n) is 3.97. The van der Waals surface area contributed by atoms with Crippen molar-refractivity contribution in [3.8, 4) is 0 Å². The zero-order valence-electron chi connectivity index (χ0n) is 17.0. The molecule has 4 rings (SSSR count). The number of nitrogens with one attached hydrogen (secondary N) is 1. The maximum Gasteiger partial charge on any atom is 0.277 e. The van der Waals surface area contributed by atoms with Gasteiger partial charge < -0.3 is 5.32 Å². The van der Waals surface area contributed by atoms with Crippen molar-refractivity contribution in [1.82, 2.24) is 10.3 Å². The Hall–Kier alpha value is -2.70. The van der Waals surface area contributed by atoms with Gasteiger partial charge in [-0.3, -0.25) is 19.5 Å². The second-order valence-corrected chi connectivity index (χ2v) is 9.05. The zero-order valence-corrected chi connectivity index (χ0v) is 18.6. The lowest BCUT2D eigenvalue weighted by molar-refractivity contribution is -0.123. The number of hydrogen-bond donors (Lipinski definition) is 1. The molecule has 0 radical (unpaired) electrons. The van der Waals surface area contributed by atoms with Gasteiger partial charge in [0.15, 0.2) is 6.04 Å². The quantitative estimate of drug-likeness (QED) is 0.525. The van der Waals surface area contributed by atoms with Gasteiger partial charge in [0.25, 0.3) is 5.91 Å². The molecule has 5 nitrogen and oxygen atoms in total. The Morgan fingerprint density at radius 3 is 2.58 bits per heavy atom. The van der Waals surface area contributed by atoms with E-state index in [2.05, 4.69) is 10.3 Å². The highest BCUT2D eigenvalue weighted by Crippen LogP contribution is 2.33. The van der Waals surface area contributed by atoms with E-state index in [0.717, 1.165) is 30.6 Å². The van der Waals surface area contributed by atoms with Gasteiger partial charge in [-0.05, 0) is 54.6 Å². The fraction of sp³-hybridized carbons (Fsp3) is 0.292. The summed E-state index contributed by atoms with van der Waals surface area (Å²) in [4.78, 5) is 33.8. The van der Waals surface area contributed by atoms with Crippen LogP contribution in [-0.4, -0.2) is 22.8 Å². The summed E-state index contributed by atoms with van der Waals surface area (Å²) in [5.74, 6) is -0.529. The van der Waals surface area contributed by atoms with Gasteiger partial charge in [-0.15, -0.1) is 11.3 Å². The number of benzene rings is 1. The summed E-state index contributed by atoms with van der Waals surface area (Å²) in [5.41, 5.74) is 0.829. The van der Waals surface area contributed by atoms with E-state index in [-0.39, 0.29) is 23.6 Å². The van der Waals surface area contributed by atoms with Gasteiger partial charge in [0.2, 0.25) is 5.91 Å². The van der Waals surface area contributed by atoms with Crippen LogP contribution in [-0.2, 0) is 4.79 Å². The van der Waals surface area contributed by atoms with Gasteiger partial charge >= 0.3 is 0 Å². The van der Waals surface area contributed by atoms with E-state index in [1.165, 1.54) is 22.7 Å². The second kappa shape index (κ2) is 10.1. The van der Waals surface area contributed by atoms with Gasteiger partial charge in [0.1, 0.15) is 5.69 Å². The predicted molar refractivity (Wildman–Crippen MR) is 125 cm³/mol. The molecule has 0 bridgehead atoms. The molecule has 7 heteroatoms. The van der Waals surface area contributed by atoms with Gasteiger partial charge in [-0.1, -0.05) is 49.1 Å². The molecular formula is C24H24ClN3O2S. The number of aromatic nitrogens is 1. The molecule has 0 unspecified atom stereocenters. The molecule has 160 valence electrons. The first kappa shape index (κ1) is 21.5. The molecule has 1 saturated carbocycles. The zero-order chi connectivity index (χ0) is 21.6. The highest BCUT2D eigenvalue weighted by molar-refractivity contribution is 7.10. The summed E-state index contributed by atoms with van der Waals surface area (Å²) in [7, 11) is 0. The van der Waals surface area contributed by atoms with Crippen LogP contribution in [0.25, 0.3) is 0 Å². The molecule has 2 aromatic heterocycles. The Morgan fingerprint density at radius 2 is 1.90 bits per heavy atom. The SMILES string of the molecule is O=C(NC1CCCCC1)[C@@H](c1cccs1)N(C(=O)c1ccccn1)c1cccc(Cl)c1. The standard InChI is InChI=1S/C24H24ClN3O2S/c25-17-8-6-11-19(16-17)28(24(30)20-12-4-5-14-26-20)22(21-13-7-15-31-21)23(29)27-18-9-2-1-3-10-18/h4-8,11-16,18,22H,1-3,9-10H2,(H,27,29)/t22-/m1/s1. The number of thiophene rings is 1. The third-order valence-electron chi connectivity index (χ3n) is 5.46. The molecule has 1 fully saturated rings. The molecule has 0 spiro atoms. The third kappa shape index (κ3) is 5.14. The number of pyridine rings is 1.